The van der Waals surface area contributed by atoms with E-state index < -0.39 is 0 Å². The van der Waals surface area contributed by atoms with E-state index in [9.17, 15) is 4.79 Å². The van der Waals surface area contributed by atoms with E-state index in [4.69, 9.17) is 0 Å². The molecule has 0 bridgehead atoms. The zero-order chi connectivity index (χ0) is 16.5. The number of aromatic nitrogens is 1. The van der Waals surface area contributed by atoms with Gasteiger partial charge in [-0.15, -0.1) is 0 Å². The van der Waals surface area contributed by atoms with Gasteiger partial charge in [0.2, 0.25) is 10.7 Å². The molecule has 1 N–H and O–H groups in total. The second kappa shape index (κ2) is 7.37. The van der Waals surface area contributed by atoms with Crippen molar-refractivity contribution in [3.8, 4) is 5.69 Å². The monoisotopic (exact) mass is 415 g/mol. The minimum Gasteiger partial charge on any atom is -1.00 e. The first-order valence-corrected chi connectivity index (χ1v) is 8.84. The Balaban J connectivity index is 0.00000182. The van der Waals surface area contributed by atoms with E-state index in [-0.39, 0.29) is 29.1 Å². The van der Waals surface area contributed by atoms with Crippen molar-refractivity contribution in [2.75, 3.05) is 10.2 Å². The number of halogens is 1. The van der Waals surface area contributed by atoms with Gasteiger partial charge in [0.15, 0.2) is 6.20 Å². The Labute approximate surface area is 161 Å². The molecule has 0 aliphatic carbocycles. The highest BCUT2D eigenvalue weighted by Gasteiger charge is 2.34. The van der Waals surface area contributed by atoms with Crippen LogP contribution in [0.3, 0.4) is 0 Å². The van der Waals surface area contributed by atoms with Crippen LogP contribution in [-0.2, 0) is 6.42 Å². The topological polar surface area (TPSA) is 36.2 Å². The zero-order valence-electron chi connectivity index (χ0n) is 13.7. The Morgan fingerprint density at radius 3 is 2.68 bits per heavy atom. The first-order chi connectivity index (χ1) is 11.7. The van der Waals surface area contributed by atoms with Gasteiger partial charge in [0.25, 0.3) is 0 Å². The number of nitrogens with zero attached hydrogens (tertiary/aromatic N) is 2. The average molecular weight is 416 g/mol. The third-order valence-electron chi connectivity index (χ3n) is 4.24. The molecule has 1 unspecified atom stereocenters. The van der Waals surface area contributed by atoms with Gasteiger partial charge in [-0.25, -0.2) is 4.79 Å². The number of hydrogen-bond donors (Lipinski definition) is 1. The van der Waals surface area contributed by atoms with Crippen LogP contribution in [0.25, 0.3) is 5.69 Å². The van der Waals surface area contributed by atoms with Gasteiger partial charge in [0, 0.05) is 17.8 Å². The lowest BCUT2D eigenvalue weighted by Gasteiger charge is -2.26. The number of urea groups is 1. The summed E-state index contributed by atoms with van der Waals surface area (Å²) in [6, 6.07) is 17.6. The van der Waals surface area contributed by atoms with E-state index in [1.165, 1.54) is 5.01 Å². The molecule has 1 aromatic heterocycles. The lowest BCUT2D eigenvalue weighted by Crippen LogP contribution is -3.00. The number of amides is 2. The van der Waals surface area contributed by atoms with Crippen LogP contribution in [-0.4, -0.2) is 12.1 Å². The van der Waals surface area contributed by atoms with Crippen molar-refractivity contribution in [1.29, 1.82) is 0 Å². The van der Waals surface area contributed by atoms with E-state index in [0.29, 0.717) is 0 Å². The minimum absolute atomic E-state index is 0. The molecule has 6 heteroatoms. The van der Waals surface area contributed by atoms with E-state index in [1.54, 1.807) is 11.3 Å². The van der Waals surface area contributed by atoms with Crippen molar-refractivity contribution < 1.29 is 26.3 Å². The van der Waals surface area contributed by atoms with Crippen LogP contribution >= 0.6 is 11.3 Å². The first kappa shape index (κ1) is 17.6. The Hall–Kier alpha value is -2.18. The zero-order valence-corrected chi connectivity index (χ0v) is 16.1. The molecule has 4 rings (SSSR count). The molecule has 1 aliphatic heterocycles. The number of hydrogen-bond acceptors (Lipinski definition) is 2. The molecule has 0 fully saturated rings. The summed E-state index contributed by atoms with van der Waals surface area (Å²) in [5.74, 6) is 0. The molecule has 4 nitrogen and oxygen atoms in total. The van der Waals surface area contributed by atoms with Crippen molar-refractivity contribution in [3.05, 3.63) is 71.2 Å². The molecule has 128 valence electrons. The van der Waals surface area contributed by atoms with Gasteiger partial charge >= 0.3 is 6.03 Å². The lowest BCUT2D eigenvalue weighted by molar-refractivity contribution is -0.597. The van der Waals surface area contributed by atoms with Crippen molar-refractivity contribution in [3.63, 3.8) is 0 Å². The predicted molar refractivity (Wildman–Crippen MR) is 97.0 cm³/mol. The summed E-state index contributed by atoms with van der Waals surface area (Å²) >= 11 is 1.73. The number of benzene rings is 2. The highest BCUT2D eigenvalue weighted by molar-refractivity contribution is 7.09. The van der Waals surface area contributed by atoms with Crippen LogP contribution in [0.15, 0.2) is 66.2 Å². The molecule has 2 amide bonds. The van der Waals surface area contributed by atoms with Crippen LogP contribution < -0.4 is 31.8 Å². The molecule has 0 saturated carbocycles. The molecule has 25 heavy (non-hydrogen) atoms. The highest BCUT2D eigenvalue weighted by Crippen LogP contribution is 2.29. The van der Waals surface area contributed by atoms with E-state index in [2.05, 4.69) is 34.5 Å². The number of para-hydroxylation sites is 3. The standard InChI is InChI=1S/C19H17N3OS.BrH/c1-14-13-18-21(11-12-24-18)16-9-5-6-10-17(16)22(14)19(23)20-15-7-3-2-4-8-15;/h2-12,14H,13H2,1H3;1H. The predicted octanol–water partition coefficient (Wildman–Crippen LogP) is 1.01. The van der Waals surface area contributed by atoms with Crippen molar-refractivity contribution in [2.45, 2.75) is 19.4 Å². The number of rotatable bonds is 1. The molecule has 0 radical (unpaired) electrons. The second-order valence-corrected chi connectivity index (χ2v) is 6.85. The summed E-state index contributed by atoms with van der Waals surface area (Å²) < 4.78 is 2.19. The van der Waals surface area contributed by atoms with E-state index in [0.717, 1.165) is 23.5 Å². The molecule has 0 saturated heterocycles. The molecule has 0 spiro atoms. The summed E-state index contributed by atoms with van der Waals surface area (Å²) in [7, 11) is 0. The van der Waals surface area contributed by atoms with Crippen LogP contribution in [0.1, 0.15) is 11.9 Å². The van der Waals surface area contributed by atoms with Crippen LogP contribution in [0, 0.1) is 0 Å². The maximum atomic E-state index is 13.0. The summed E-state index contributed by atoms with van der Waals surface area (Å²) in [6.07, 6.45) is 2.90. The van der Waals surface area contributed by atoms with Crippen LogP contribution in [0.5, 0.6) is 0 Å². The first-order valence-electron chi connectivity index (χ1n) is 7.97. The fourth-order valence-electron chi connectivity index (χ4n) is 3.14. The number of carbonyl (C=O) groups excluding carboxylic acids is 1. The minimum atomic E-state index is -0.100. The molecule has 3 aromatic rings. The number of carbonyl (C=O) groups is 1. The smallest absolute Gasteiger partial charge is 0.326 e. The molecular formula is C19H18BrN3OS. The average Bonchev–Trinajstić information content (AvgIpc) is 3.00. The fourth-order valence-corrected chi connectivity index (χ4v) is 4.09. The van der Waals surface area contributed by atoms with E-state index >= 15 is 0 Å². The SMILES string of the molecule is CC1Cc2scc[n+]2-c2ccccc2N1C(=O)Nc1ccccc1.[Br-]. The van der Waals surface area contributed by atoms with Gasteiger partial charge in [-0.05, 0) is 25.1 Å². The van der Waals surface area contributed by atoms with Crippen LogP contribution in [0.2, 0.25) is 0 Å². The third kappa shape index (κ3) is 3.32. The molecule has 2 heterocycles. The lowest BCUT2D eigenvalue weighted by atomic mass is 10.2. The molecular weight excluding hydrogens is 398 g/mol. The van der Waals surface area contributed by atoms with Gasteiger partial charge in [-0.2, -0.15) is 4.57 Å². The van der Waals surface area contributed by atoms with Crippen molar-refractivity contribution >= 4 is 28.7 Å². The van der Waals surface area contributed by atoms with Crippen molar-refractivity contribution in [1.82, 2.24) is 0 Å². The van der Waals surface area contributed by atoms with Gasteiger partial charge < -0.3 is 22.3 Å². The maximum absolute atomic E-state index is 13.0. The van der Waals surface area contributed by atoms with Gasteiger partial charge in [0.1, 0.15) is 5.69 Å². The Morgan fingerprint density at radius 2 is 1.88 bits per heavy atom. The number of fused-ring (bicyclic) bond motifs is 3. The highest BCUT2D eigenvalue weighted by atomic mass is 79.9. The Morgan fingerprint density at radius 1 is 1.16 bits per heavy atom. The van der Waals surface area contributed by atoms with Crippen molar-refractivity contribution in [2.24, 2.45) is 0 Å². The van der Waals surface area contributed by atoms with Gasteiger partial charge in [0.05, 0.1) is 11.8 Å². The van der Waals surface area contributed by atoms with Gasteiger partial charge in [-0.3, -0.25) is 4.90 Å². The normalized spacial score (nSPS) is 15.4. The number of thiazole rings is 1. The van der Waals surface area contributed by atoms with E-state index in [1.807, 2.05) is 53.4 Å². The fraction of sp³-hybridized carbons (Fsp3) is 0.158. The second-order valence-electron chi connectivity index (χ2n) is 5.87. The largest absolute Gasteiger partial charge is 1.00 e. The Kier molecular flexibility index (Phi) is 5.20. The quantitative estimate of drug-likeness (QED) is 0.591. The van der Waals surface area contributed by atoms with Crippen LogP contribution in [0.4, 0.5) is 16.2 Å². The summed E-state index contributed by atoms with van der Waals surface area (Å²) in [6.45, 7) is 2.09. The molecule has 2 aromatic carbocycles. The summed E-state index contributed by atoms with van der Waals surface area (Å²) in [5, 5.41) is 6.36. The Bertz CT molecular complexity index is 881. The van der Waals surface area contributed by atoms with Gasteiger partial charge in [-0.1, -0.05) is 41.7 Å². The third-order valence-corrected chi connectivity index (χ3v) is 5.13. The number of anilines is 2. The summed E-state index contributed by atoms with van der Waals surface area (Å²) in [4.78, 5) is 14.8. The summed E-state index contributed by atoms with van der Waals surface area (Å²) in [5.41, 5.74) is 2.78. The molecule has 1 aliphatic rings. The number of nitrogens with one attached hydrogen (secondary N) is 1. The molecule has 1 atom stereocenters. The maximum Gasteiger partial charge on any atom is 0.326 e.